The monoisotopic (exact) mass is 446 g/mol. The van der Waals surface area contributed by atoms with Crippen LogP contribution in [0.4, 0.5) is 0 Å². The fourth-order valence-electron chi connectivity index (χ4n) is 4.66. The van der Waals surface area contributed by atoms with E-state index in [-0.39, 0.29) is 18.5 Å². The second-order valence-electron chi connectivity index (χ2n) is 8.03. The minimum absolute atomic E-state index is 0.0378. The maximum Gasteiger partial charge on any atom is 0.243 e. The number of hydrogen-bond acceptors (Lipinski definition) is 6. The molecule has 1 saturated heterocycles. The van der Waals surface area contributed by atoms with Crippen LogP contribution in [0.2, 0.25) is 0 Å². The normalized spacial score (nSPS) is 17.8. The number of amides is 1. The Morgan fingerprint density at radius 3 is 2.88 bits per heavy atom. The number of fused-ring (bicyclic) bond motifs is 2. The van der Waals surface area contributed by atoms with Gasteiger partial charge in [0.25, 0.3) is 0 Å². The van der Waals surface area contributed by atoms with Crippen molar-refractivity contribution < 1.29 is 14.3 Å². The molecular weight excluding hydrogens is 424 g/mol. The van der Waals surface area contributed by atoms with Gasteiger partial charge in [0.05, 0.1) is 22.6 Å². The van der Waals surface area contributed by atoms with Gasteiger partial charge in [-0.15, -0.1) is 11.3 Å². The Labute approximate surface area is 189 Å². The largest absolute Gasteiger partial charge is 0.486 e. The molecule has 1 fully saturated rings. The molecule has 4 heterocycles. The zero-order valence-corrected chi connectivity index (χ0v) is 18.3. The van der Waals surface area contributed by atoms with E-state index in [2.05, 4.69) is 11.1 Å². The van der Waals surface area contributed by atoms with Gasteiger partial charge in [-0.2, -0.15) is 0 Å². The molecule has 0 aliphatic carbocycles. The Bertz CT molecular complexity index is 1280. The third kappa shape index (κ3) is 3.31. The third-order valence-corrected chi connectivity index (χ3v) is 6.72. The highest BCUT2D eigenvalue weighted by molar-refractivity contribution is 7.07. The standard InChI is InChI=1S/C24H22N4O3S/c29-23(13-28-20-5-2-1-4-17(20)26-24(28)18-14-32-15-25-18)27-9-3-6-19(27)16-7-8-21-22(12-16)31-11-10-30-21/h1-2,4-5,7-8,12,14-15,19H,3,6,9-11,13H2. The van der Waals surface area contributed by atoms with Gasteiger partial charge in [-0.05, 0) is 42.7 Å². The summed E-state index contributed by atoms with van der Waals surface area (Å²) in [6.45, 7) is 2.10. The van der Waals surface area contributed by atoms with Gasteiger partial charge >= 0.3 is 0 Å². The molecule has 0 saturated carbocycles. The van der Waals surface area contributed by atoms with Gasteiger partial charge in [0, 0.05) is 11.9 Å². The lowest BCUT2D eigenvalue weighted by Crippen LogP contribution is -2.33. The number of nitrogens with zero attached hydrogens (tertiary/aromatic N) is 4. The number of para-hydroxylation sites is 2. The summed E-state index contributed by atoms with van der Waals surface area (Å²) in [6, 6.07) is 14.0. The van der Waals surface area contributed by atoms with Crippen molar-refractivity contribution in [3.05, 3.63) is 58.9 Å². The number of rotatable bonds is 4. The van der Waals surface area contributed by atoms with Crippen LogP contribution in [0.25, 0.3) is 22.6 Å². The van der Waals surface area contributed by atoms with Crippen LogP contribution in [0, 0.1) is 0 Å². The average Bonchev–Trinajstić information content (AvgIpc) is 3.59. The molecule has 1 unspecified atom stereocenters. The quantitative estimate of drug-likeness (QED) is 0.468. The Hall–Kier alpha value is -3.39. The van der Waals surface area contributed by atoms with Gasteiger partial charge in [-0.25, -0.2) is 9.97 Å². The minimum atomic E-state index is 0.0378. The fourth-order valence-corrected chi connectivity index (χ4v) is 5.19. The Kier molecular flexibility index (Phi) is 4.79. The molecule has 0 spiro atoms. The van der Waals surface area contributed by atoms with Crippen LogP contribution in [-0.4, -0.2) is 45.1 Å². The number of carbonyl (C=O) groups excluding carboxylic acids is 1. The third-order valence-electron chi connectivity index (χ3n) is 6.13. The predicted molar refractivity (Wildman–Crippen MR) is 122 cm³/mol. The van der Waals surface area contributed by atoms with E-state index < -0.39 is 0 Å². The number of carbonyl (C=O) groups is 1. The van der Waals surface area contributed by atoms with Crippen LogP contribution in [-0.2, 0) is 11.3 Å². The summed E-state index contributed by atoms with van der Waals surface area (Å²) in [5.41, 5.74) is 5.49. The smallest absolute Gasteiger partial charge is 0.243 e. The molecule has 2 aromatic carbocycles. The summed E-state index contributed by atoms with van der Waals surface area (Å²) in [4.78, 5) is 24.7. The lowest BCUT2D eigenvalue weighted by molar-refractivity contribution is -0.132. The maximum atomic E-state index is 13.6. The zero-order chi connectivity index (χ0) is 21.5. The number of thiazole rings is 1. The first-order valence-corrected chi connectivity index (χ1v) is 11.7. The van der Waals surface area contributed by atoms with E-state index in [1.807, 2.05) is 51.2 Å². The molecule has 162 valence electrons. The van der Waals surface area contributed by atoms with Crippen molar-refractivity contribution in [2.24, 2.45) is 0 Å². The molecule has 1 atom stereocenters. The number of hydrogen-bond donors (Lipinski definition) is 0. The maximum absolute atomic E-state index is 13.6. The summed E-state index contributed by atoms with van der Waals surface area (Å²) in [5.74, 6) is 2.35. The van der Waals surface area contributed by atoms with Crippen LogP contribution in [0.1, 0.15) is 24.4 Å². The SMILES string of the molecule is O=C(Cn1c(-c2cscn2)nc2ccccc21)N1CCCC1c1ccc2c(c1)OCCO2. The van der Waals surface area contributed by atoms with E-state index in [1.165, 1.54) is 11.3 Å². The van der Waals surface area contributed by atoms with Crippen LogP contribution >= 0.6 is 11.3 Å². The molecule has 1 amide bonds. The molecule has 4 aromatic rings. The average molecular weight is 447 g/mol. The molecule has 0 bridgehead atoms. The highest BCUT2D eigenvalue weighted by atomic mass is 32.1. The Balaban J connectivity index is 1.32. The summed E-state index contributed by atoms with van der Waals surface area (Å²) < 4.78 is 13.4. The predicted octanol–water partition coefficient (Wildman–Crippen LogP) is 4.29. The van der Waals surface area contributed by atoms with Gasteiger partial charge in [-0.1, -0.05) is 18.2 Å². The Morgan fingerprint density at radius 2 is 2.00 bits per heavy atom. The van der Waals surface area contributed by atoms with Crippen LogP contribution in [0.3, 0.4) is 0 Å². The van der Waals surface area contributed by atoms with Gasteiger partial charge in [0.2, 0.25) is 5.91 Å². The molecule has 0 N–H and O–H groups in total. The molecule has 8 heteroatoms. The fraction of sp³-hybridized carbons (Fsp3) is 0.292. The highest BCUT2D eigenvalue weighted by Crippen LogP contribution is 2.38. The molecular formula is C24H22N4O3S. The van der Waals surface area contributed by atoms with Gasteiger partial charge in [-0.3, -0.25) is 4.79 Å². The topological polar surface area (TPSA) is 69.5 Å². The summed E-state index contributed by atoms with van der Waals surface area (Å²) in [7, 11) is 0. The van der Waals surface area contributed by atoms with Gasteiger partial charge in [0.1, 0.15) is 25.5 Å². The van der Waals surface area contributed by atoms with Crippen molar-refractivity contribution in [3.63, 3.8) is 0 Å². The van der Waals surface area contributed by atoms with Crippen molar-refractivity contribution in [2.45, 2.75) is 25.4 Å². The van der Waals surface area contributed by atoms with Crippen molar-refractivity contribution in [1.82, 2.24) is 19.4 Å². The van der Waals surface area contributed by atoms with Crippen molar-refractivity contribution in [1.29, 1.82) is 0 Å². The van der Waals surface area contributed by atoms with E-state index in [1.54, 1.807) is 5.51 Å². The molecule has 0 radical (unpaired) electrons. The molecule has 6 rings (SSSR count). The molecule has 2 aliphatic heterocycles. The first-order valence-electron chi connectivity index (χ1n) is 10.8. The molecule has 7 nitrogen and oxygen atoms in total. The first kappa shape index (κ1) is 19.3. The summed E-state index contributed by atoms with van der Waals surface area (Å²) in [5, 5.41) is 1.97. The highest BCUT2D eigenvalue weighted by Gasteiger charge is 2.31. The molecule has 32 heavy (non-hydrogen) atoms. The Morgan fingerprint density at radius 1 is 1.12 bits per heavy atom. The number of benzene rings is 2. The van der Waals surface area contributed by atoms with Crippen LogP contribution in [0.5, 0.6) is 11.5 Å². The summed E-state index contributed by atoms with van der Waals surface area (Å²) >= 11 is 1.52. The van der Waals surface area contributed by atoms with E-state index >= 15 is 0 Å². The lowest BCUT2D eigenvalue weighted by Gasteiger charge is -2.27. The molecule has 2 aromatic heterocycles. The second kappa shape index (κ2) is 7.94. The summed E-state index contributed by atoms with van der Waals surface area (Å²) in [6.07, 6.45) is 1.92. The van der Waals surface area contributed by atoms with E-state index in [4.69, 9.17) is 14.5 Å². The number of aromatic nitrogens is 3. The second-order valence-corrected chi connectivity index (χ2v) is 8.75. The van der Waals surface area contributed by atoms with E-state index in [0.29, 0.717) is 13.2 Å². The molecule has 2 aliphatic rings. The first-order chi connectivity index (χ1) is 15.8. The van der Waals surface area contributed by atoms with E-state index in [0.717, 1.165) is 59.0 Å². The zero-order valence-electron chi connectivity index (χ0n) is 17.4. The van der Waals surface area contributed by atoms with Gasteiger partial charge < -0.3 is 18.9 Å². The van der Waals surface area contributed by atoms with Crippen molar-refractivity contribution >= 4 is 28.3 Å². The van der Waals surface area contributed by atoms with Gasteiger partial charge in [0.15, 0.2) is 17.3 Å². The number of likely N-dealkylation sites (tertiary alicyclic amines) is 1. The van der Waals surface area contributed by atoms with E-state index in [9.17, 15) is 4.79 Å². The minimum Gasteiger partial charge on any atom is -0.486 e. The van der Waals surface area contributed by atoms with Crippen molar-refractivity contribution in [2.75, 3.05) is 19.8 Å². The van der Waals surface area contributed by atoms with Crippen molar-refractivity contribution in [3.8, 4) is 23.0 Å². The lowest BCUT2D eigenvalue weighted by atomic mass is 10.0. The van der Waals surface area contributed by atoms with Crippen LogP contribution < -0.4 is 9.47 Å². The number of imidazole rings is 1. The van der Waals surface area contributed by atoms with Crippen LogP contribution in [0.15, 0.2) is 53.4 Å². The number of ether oxygens (including phenoxy) is 2.